The monoisotopic (exact) mass is 330 g/mol. The summed E-state index contributed by atoms with van der Waals surface area (Å²) < 4.78 is 17.1. The molecular weight excluding hydrogens is 304 g/mol. The lowest BCUT2D eigenvalue weighted by Gasteiger charge is -2.18. The van der Waals surface area contributed by atoms with Crippen molar-refractivity contribution >= 4 is 12.0 Å². The Morgan fingerprint density at radius 3 is 2.50 bits per heavy atom. The molecule has 130 valence electrons. The van der Waals surface area contributed by atoms with Crippen molar-refractivity contribution in [2.45, 2.75) is 39.9 Å². The van der Waals surface area contributed by atoms with Crippen LogP contribution in [0.2, 0.25) is 0 Å². The third-order valence-corrected chi connectivity index (χ3v) is 3.77. The van der Waals surface area contributed by atoms with Gasteiger partial charge in [-0.05, 0) is 25.3 Å². The highest BCUT2D eigenvalue weighted by Crippen LogP contribution is 2.34. The minimum atomic E-state index is -0.460. The summed E-state index contributed by atoms with van der Waals surface area (Å²) in [6, 6.07) is 9.92. The fourth-order valence-corrected chi connectivity index (χ4v) is 2.69. The van der Waals surface area contributed by atoms with Gasteiger partial charge in [-0.3, -0.25) is 0 Å². The maximum absolute atomic E-state index is 12.4. The van der Waals surface area contributed by atoms with Crippen LogP contribution in [-0.2, 0) is 19.0 Å². The number of esters is 1. The summed E-state index contributed by atoms with van der Waals surface area (Å²) in [5.74, 6) is 0.437. The molecule has 0 saturated carbocycles. The molecule has 4 nitrogen and oxygen atoms in total. The Bertz CT molecular complexity index is 601. The van der Waals surface area contributed by atoms with E-state index < -0.39 is 6.10 Å². The first-order chi connectivity index (χ1) is 11.6. The molecule has 0 spiro atoms. The van der Waals surface area contributed by atoms with E-state index >= 15 is 0 Å². The Morgan fingerprint density at radius 2 is 1.92 bits per heavy atom. The predicted octanol–water partition coefficient (Wildman–Crippen LogP) is 3.98. The van der Waals surface area contributed by atoms with Crippen molar-refractivity contribution in [3.63, 3.8) is 0 Å². The first-order valence-corrected chi connectivity index (χ1v) is 8.51. The highest BCUT2D eigenvalue weighted by atomic mass is 16.6. The normalized spacial score (nSPS) is 20.9. The summed E-state index contributed by atoms with van der Waals surface area (Å²) >= 11 is 0. The van der Waals surface area contributed by atoms with Gasteiger partial charge in [-0.2, -0.15) is 0 Å². The highest BCUT2D eigenvalue weighted by Gasteiger charge is 2.40. The maximum Gasteiger partial charge on any atom is 0.340 e. The molecule has 0 bridgehead atoms. The van der Waals surface area contributed by atoms with Crippen LogP contribution in [-0.4, -0.2) is 31.4 Å². The maximum atomic E-state index is 12.4. The van der Waals surface area contributed by atoms with E-state index in [9.17, 15) is 4.79 Å². The van der Waals surface area contributed by atoms with Crippen LogP contribution in [0.5, 0.6) is 0 Å². The van der Waals surface area contributed by atoms with Gasteiger partial charge in [0.1, 0.15) is 23.5 Å². The minimum Gasteiger partial charge on any atom is -0.495 e. The molecule has 0 aliphatic carbocycles. The van der Waals surface area contributed by atoms with Gasteiger partial charge in [0.05, 0.1) is 13.2 Å². The molecule has 1 unspecified atom stereocenters. The van der Waals surface area contributed by atoms with Crippen molar-refractivity contribution in [1.82, 2.24) is 0 Å². The van der Waals surface area contributed by atoms with E-state index in [1.165, 1.54) is 0 Å². The number of ether oxygens (including phenoxy) is 3. The van der Waals surface area contributed by atoms with Gasteiger partial charge in [-0.25, -0.2) is 4.79 Å². The van der Waals surface area contributed by atoms with Crippen molar-refractivity contribution in [1.29, 1.82) is 0 Å². The highest BCUT2D eigenvalue weighted by molar-refractivity contribution is 5.91. The number of benzene rings is 1. The van der Waals surface area contributed by atoms with Gasteiger partial charge in [0.15, 0.2) is 0 Å². The fraction of sp³-hybridized carbons (Fsp3) is 0.450. The zero-order valence-corrected chi connectivity index (χ0v) is 14.8. The summed E-state index contributed by atoms with van der Waals surface area (Å²) in [6.07, 6.45) is 3.15. The van der Waals surface area contributed by atoms with E-state index in [2.05, 4.69) is 13.8 Å². The third kappa shape index (κ3) is 4.26. The Kier molecular flexibility index (Phi) is 6.62. The second kappa shape index (κ2) is 8.69. The van der Waals surface area contributed by atoms with Gasteiger partial charge in [0.2, 0.25) is 0 Å². The standard InChI is InChI=1S/C20H26O4/c1-5-22-19-17(20(21)23-6-2)16(24-18(19)14(3)4)13-12-15-10-8-7-9-11-15/h7-14,16,18H,5-6H2,1-4H3/b13-12+/t16-,18?/m0/s1. The van der Waals surface area contributed by atoms with Gasteiger partial charge in [-0.15, -0.1) is 0 Å². The van der Waals surface area contributed by atoms with E-state index in [-0.39, 0.29) is 18.0 Å². The summed E-state index contributed by atoms with van der Waals surface area (Å²) in [4.78, 5) is 12.4. The average Bonchev–Trinajstić information content (AvgIpc) is 2.93. The second-order valence-electron chi connectivity index (χ2n) is 5.92. The van der Waals surface area contributed by atoms with Gasteiger partial charge in [0.25, 0.3) is 0 Å². The molecule has 0 radical (unpaired) electrons. The molecule has 1 aromatic rings. The molecule has 24 heavy (non-hydrogen) atoms. The Balaban J connectivity index is 2.34. The molecule has 1 aliphatic heterocycles. The number of rotatable bonds is 7. The number of hydrogen-bond acceptors (Lipinski definition) is 4. The Morgan fingerprint density at radius 1 is 1.21 bits per heavy atom. The van der Waals surface area contributed by atoms with Crippen molar-refractivity contribution in [2.24, 2.45) is 5.92 Å². The first kappa shape index (κ1) is 18.3. The van der Waals surface area contributed by atoms with E-state index in [1.54, 1.807) is 6.92 Å². The molecule has 1 aromatic carbocycles. The molecule has 0 fully saturated rings. The third-order valence-electron chi connectivity index (χ3n) is 3.77. The zero-order chi connectivity index (χ0) is 17.5. The summed E-state index contributed by atoms with van der Waals surface area (Å²) in [7, 11) is 0. The Hall–Kier alpha value is -2.07. The molecule has 2 atom stereocenters. The van der Waals surface area contributed by atoms with Crippen LogP contribution in [0.3, 0.4) is 0 Å². The topological polar surface area (TPSA) is 44.8 Å². The largest absolute Gasteiger partial charge is 0.495 e. The lowest BCUT2D eigenvalue weighted by molar-refractivity contribution is -0.139. The van der Waals surface area contributed by atoms with Crippen LogP contribution in [0.1, 0.15) is 33.3 Å². The van der Waals surface area contributed by atoms with Crippen molar-refractivity contribution in [3.8, 4) is 0 Å². The second-order valence-corrected chi connectivity index (χ2v) is 5.92. The summed E-state index contributed by atoms with van der Waals surface area (Å²) in [5.41, 5.74) is 1.53. The van der Waals surface area contributed by atoms with Crippen LogP contribution in [0.15, 0.2) is 47.7 Å². The lowest BCUT2D eigenvalue weighted by atomic mass is 10.0. The van der Waals surface area contributed by atoms with Gasteiger partial charge >= 0.3 is 5.97 Å². The number of hydrogen-bond donors (Lipinski definition) is 0. The zero-order valence-electron chi connectivity index (χ0n) is 14.8. The SMILES string of the molecule is CCOC(=O)C1=C(OCC)C(C(C)C)O[C@H]1/C=C/c1ccccc1. The average molecular weight is 330 g/mol. The van der Waals surface area contributed by atoms with Crippen molar-refractivity contribution in [2.75, 3.05) is 13.2 Å². The number of carbonyl (C=O) groups excluding carboxylic acids is 1. The van der Waals surface area contributed by atoms with E-state index in [0.29, 0.717) is 24.5 Å². The molecule has 0 saturated heterocycles. The molecule has 1 aliphatic rings. The van der Waals surface area contributed by atoms with Gasteiger partial charge in [-0.1, -0.05) is 56.3 Å². The summed E-state index contributed by atoms with van der Waals surface area (Å²) in [5, 5.41) is 0. The quantitative estimate of drug-likeness (QED) is 0.710. The molecule has 4 heteroatoms. The fourth-order valence-electron chi connectivity index (χ4n) is 2.69. The number of carbonyl (C=O) groups is 1. The molecule has 0 N–H and O–H groups in total. The van der Waals surface area contributed by atoms with Crippen LogP contribution in [0, 0.1) is 5.92 Å². The molecular formula is C20H26O4. The predicted molar refractivity (Wildman–Crippen MR) is 94.3 cm³/mol. The smallest absolute Gasteiger partial charge is 0.340 e. The lowest BCUT2D eigenvalue weighted by Crippen LogP contribution is -2.21. The van der Waals surface area contributed by atoms with Crippen LogP contribution >= 0.6 is 0 Å². The molecule has 0 amide bonds. The molecule has 2 rings (SSSR count). The van der Waals surface area contributed by atoms with E-state index in [4.69, 9.17) is 14.2 Å². The summed E-state index contributed by atoms with van der Waals surface area (Å²) in [6.45, 7) is 8.61. The Labute approximate surface area is 144 Å². The van der Waals surface area contributed by atoms with E-state index in [1.807, 2.05) is 49.4 Å². The van der Waals surface area contributed by atoms with Crippen LogP contribution < -0.4 is 0 Å². The van der Waals surface area contributed by atoms with Crippen LogP contribution in [0.4, 0.5) is 0 Å². The molecule has 1 heterocycles. The first-order valence-electron chi connectivity index (χ1n) is 8.51. The van der Waals surface area contributed by atoms with Crippen LogP contribution in [0.25, 0.3) is 6.08 Å². The molecule has 0 aromatic heterocycles. The van der Waals surface area contributed by atoms with Gasteiger partial charge < -0.3 is 14.2 Å². The minimum absolute atomic E-state index is 0.200. The van der Waals surface area contributed by atoms with Gasteiger partial charge in [0, 0.05) is 0 Å². The van der Waals surface area contributed by atoms with Crippen molar-refractivity contribution in [3.05, 3.63) is 53.3 Å². The van der Waals surface area contributed by atoms with Crippen molar-refractivity contribution < 1.29 is 19.0 Å². The van der Waals surface area contributed by atoms with E-state index in [0.717, 1.165) is 5.56 Å².